The first-order valence-corrected chi connectivity index (χ1v) is 8.81. The van der Waals surface area contributed by atoms with Gasteiger partial charge in [-0.05, 0) is 31.2 Å². The Bertz CT molecular complexity index is 1010. The Morgan fingerprint density at radius 1 is 1.19 bits per heavy atom. The molecule has 1 saturated heterocycles. The highest BCUT2D eigenvalue weighted by Crippen LogP contribution is 2.36. The predicted molar refractivity (Wildman–Crippen MR) is 101 cm³/mol. The summed E-state index contributed by atoms with van der Waals surface area (Å²) in [4.78, 5) is 29.5. The van der Waals surface area contributed by atoms with Crippen LogP contribution in [0.2, 0.25) is 10.0 Å². The quantitative estimate of drug-likeness (QED) is 0.637. The van der Waals surface area contributed by atoms with Crippen LogP contribution < -0.4 is 5.32 Å². The monoisotopic (exact) mass is 397 g/mol. The van der Waals surface area contributed by atoms with Crippen LogP contribution in [0.25, 0.3) is 0 Å². The van der Waals surface area contributed by atoms with Gasteiger partial charge in [-0.3, -0.25) is 14.6 Å². The highest BCUT2D eigenvalue weighted by molar-refractivity contribution is 6.38. The molecule has 3 rings (SSSR count). The number of benzene rings is 1. The maximum atomic E-state index is 12.9. The van der Waals surface area contributed by atoms with Gasteiger partial charge in [0.1, 0.15) is 12.0 Å². The summed E-state index contributed by atoms with van der Waals surface area (Å²) in [6, 6.07) is 7.70. The minimum Gasteiger partial charge on any atom is -0.345 e. The van der Waals surface area contributed by atoms with Crippen LogP contribution in [0.3, 0.4) is 0 Å². The van der Waals surface area contributed by atoms with Crippen molar-refractivity contribution in [2.75, 3.05) is 0 Å². The summed E-state index contributed by atoms with van der Waals surface area (Å²) in [5.74, 6) is 3.76. The molecular weight excluding hydrogens is 385 g/mol. The molecule has 1 aromatic heterocycles. The number of rotatable bonds is 3. The third-order valence-corrected chi connectivity index (χ3v) is 4.84. The topological polar surface area (TPSA) is 82.8 Å². The van der Waals surface area contributed by atoms with Gasteiger partial charge >= 0.3 is 0 Å². The number of hydrogen-bond acceptors (Lipinski definition) is 4. The highest BCUT2D eigenvalue weighted by atomic mass is 35.5. The lowest BCUT2D eigenvalue weighted by molar-refractivity contribution is -0.124. The molecule has 0 saturated carbocycles. The summed E-state index contributed by atoms with van der Waals surface area (Å²) in [6.07, 6.45) is 1.65. The number of hydrogen-bond donors (Lipinski definition) is 1. The van der Waals surface area contributed by atoms with Crippen molar-refractivity contribution in [1.82, 2.24) is 10.3 Å². The van der Waals surface area contributed by atoms with E-state index in [9.17, 15) is 9.59 Å². The largest absolute Gasteiger partial charge is 0.345 e. The summed E-state index contributed by atoms with van der Waals surface area (Å²) in [5, 5.41) is 12.0. The molecule has 1 N–H and O–H groups in total. The van der Waals surface area contributed by atoms with E-state index in [1.165, 1.54) is 6.20 Å². The predicted octanol–water partition coefficient (Wildman–Crippen LogP) is 3.03. The van der Waals surface area contributed by atoms with E-state index < -0.39 is 17.9 Å². The Morgan fingerprint density at radius 2 is 1.89 bits per heavy atom. The number of nitrogens with one attached hydrogen (secondary N) is 1. The van der Waals surface area contributed by atoms with Gasteiger partial charge in [0.25, 0.3) is 0 Å². The van der Waals surface area contributed by atoms with E-state index >= 15 is 0 Å². The lowest BCUT2D eigenvalue weighted by atomic mass is 9.92. The Labute approximate surface area is 166 Å². The number of Topliss-reactive ketones (excluding diaryl/α,β-unsaturated/α-hetero) is 1. The zero-order chi connectivity index (χ0) is 19.6. The third-order valence-electron chi connectivity index (χ3n) is 4.21. The minimum atomic E-state index is -1.07. The molecule has 1 aromatic carbocycles. The number of nitrogens with zero attached hydrogens (tertiary/aromatic N) is 2. The van der Waals surface area contributed by atoms with Gasteiger partial charge in [-0.25, -0.2) is 0 Å². The third kappa shape index (κ3) is 3.80. The van der Waals surface area contributed by atoms with Crippen molar-refractivity contribution in [3.05, 3.63) is 62.9 Å². The average Bonchev–Trinajstić information content (AvgIpc) is 2.90. The Kier molecular flexibility index (Phi) is 5.46. The molecule has 1 aliphatic rings. The second kappa shape index (κ2) is 7.80. The van der Waals surface area contributed by atoms with Gasteiger partial charge in [-0.1, -0.05) is 29.1 Å². The maximum Gasteiger partial charge on any atom is 0.235 e. The van der Waals surface area contributed by atoms with Crippen LogP contribution >= 0.6 is 23.2 Å². The summed E-state index contributed by atoms with van der Waals surface area (Å²) >= 11 is 12.6. The fourth-order valence-electron chi connectivity index (χ4n) is 2.98. The van der Waals surface area contributed by atoms with Crippen molar-refractivity contribution in [2.45, 2.75) is 25.3 Å². The molecule has 0 aliphatic carbocycles. The van der Waals surface area contributed by atoms with E-state index in [0.717, 1.165) is 0 Å². The number of ketones is 1. The summed E-state index contributed by atoms with van der Waals surface area (Å²) in [5.41, 5.74) is 1.92. The summed E-state index contributed by atoms with van der Waals surface area (Å²) < 4.78 is 0. The van der Waals surface area contributed by atoms with Gasteiger partial charge in [0.05, 0.1) is 11.6 Å². The lowest BCUT2D eigenvalue weighted by Gasteiger charge is -2.12. The van der Waals surface area contributed by atoms with E-state index in [0.29, 0.717) is 16.8 Å². The molecule has 7 heteroatoms. The molecule has 2 unspecified atom stereocenters. The summed E-state index contributed by atoms with van der Waals surface area (Å²) in [7, 11) is 0. The van der Waals surface area contributed by atoms with Gasteiger partial charge in [0.2, 0.25) is 5.91 Å². The van der Waals surface area contributed by atoms with Crippen molar-refractivity contribution in [3.63, 3.8) is 0 Å². The molecule has 5 nitrogen and oxygen atoms in total. The molecule has 0 bridgehead atoms. The maximum absolute atomic E-state index is 12.9. The van der Waals surface area contributed by atoms with Gasteiger partial charge < -0.3 is 5.32 Å². The Morgan fingerprint density at radius 3 is 2.44 bits per heavy atom. The smallest absolute Gasteiger partial charge is 0.235 e. The molecular formula is C20H13Cl2N3O2. The van der Waals surface area contributed by atoms with Crippen LogP contribution in [0.15, 0.2) is 30.5 Å². The van der Waals surface area contributed by atoms with E-state index in [4.69, 9.17) is 28.5 Å². The van der Waals surface area contributed by atoms with Crippen molar-refractivity contribution >= 4 is 34.9 Å². The summed E-state index contributed by atoms with van der Waals surface area (Å²) in [6.45, 7) is 1.69. The first-order chi connectivity index (χ1) is 12.9. The minimum absolute atomic E-state index is 0.224. The number of halogens is 2. The van der Waals surface area contributed by atoms with Crippen molar-refractivity contribution < 1.29 is 9.59 Å². The van der Waals surface area contributed by atoms with Gasteiger partial charge in [0, 0.05) is 39.5 Å². The van der Waals surface area contributed by atoms with Crippen LogP contribution in [0.5, 0.6) is 0 Å². The van der Waals surface area contributed by atoms with Crippen LogP contribution in [0.1, 0.15) is 35.2 Å². The standard InChI is InChI=1S/C20H13Cl2N3O2/c1-2-3-11-6-14(21)17(15(22)7-11)18-19(26)16(25-20(18)27)8-13-5-4-12(9-23)10-24-13/h4-7,10,16,18H,8H2,1H3,(H,25,27). The van der Waals surface area contributed by atoms with Crippen molar-refractivity contribution in [3.8, 4) is 17.9 Å². The van der Waals surface area contributed by atoms with Crippen molar-refractivity contribution in [1.29, 1.82) is 5.26 Å². The fraction of sp³-hybridized carbons (Fsp3) is 0.200. The second-order valence-electron chi connectivity index (χ2n) is 5.98. The van der Waals surface area contributed by atoms with Crippen molar-refractivity contribution in [2.24, 2.45) is 0 Å². The second-order valence-corrected chi connectivity index (χ2v) is 6.79. The number of pyridine rings is 1. The average molecular weight is 398 g/mol. The molecule has 134 valence electrons. The molecule has 2 heterocycles. The highest BCUT2D eigenvalue weighted by Gasteiger charge is 2.43. The first-order valence-electron chi connectivity index (χ1n) is 8.05. The van der Waals surface area contributed by atoms with Crippen LogP contribution in [0, 0.1) is 23.2 Å². The number of carbonyl (C=O) groups is 2. The molecule has 0 spiro atoms. The van der Waals surface area contributed by atoms with Gasteiger partial charge in [0.15, 0.2) is 5.78 Å². The fourth-order valence-corrected chi connectivity index (χ4v) is 3.68. The van der Waals surface area contributed by atoms with Crippen LogP contribution in [-0.2, 0) is 16.0 Å². The van der Waals surface area contributed by atoms with Gasteiger partial charge in [-0.15, -0.1) is 5.92 Å². The molecule has 1 fully saturated rings. The van der Waals surface area contributed by atoms with E-state index in [-0.39, 0.29) is 27.8 Å². The van der Waals surface area contributed by atoms with Gasteiger partial charge in [-0.2, -0.15) is 5.26 Å². The van der Waals surface area contributed by atoms with Crippen LogP contribution in [0.4, 0.5) is 0 Å². The SMILES string of the molecule is CC#Cc1cc(Cl)c(C2C(=O)NC(Cc3ccc(C#N)cn3)C2=O)c(Cl)c1. The first kappa shape index (κ1) is 18.9. The number of aromatic nitrogens is 1. The molecule has 2 atom stereocenters. The molecule has 1 amide bonds. The molecule has 0 radical (unpaired) electrons. The normalized spacial score (nSPS) is 18.4. The van der Waals surface area contributed by atoms with Crippen LogP contribution in [-0.4, -0.2) is 22.7 Å². The van der Waals surface area contributed by atoms with E-state index in [1.807, 2.05) is 6.07 Å². The lowest BCUT2D eigenvalue weighted by Crippen LogP contribution is -2.31. The van der Waals surface area contributed by atoms with E-state index in [2.05, 4.69) is 22.1 Å². The zero-order valence-corrected chi connectivity index (χ0v) is 15.7. The Hall–Kier alpha value is -2.86. The zero-order valence-electron chi connectivity index (χ0n) is 14.2. The molecule has 27 heavy (non-hydrogen) atoms. The Balaban J connectivity index is 1.88. The number of carbonyl (C=O) groups excluding carboxylic acids is 2. The number of amides is 1. The molecule has 1 aliphatic heterocycles. The van der Waals surface area contributed by atoms with E-state index in [1.54, 1.807) is 31.2 Å². The number of nitriles is 1. The molecule has 2 aromatic rings.